The number of carbonyl (C=O) groups excluding carboxylic acids is 1. The van der Waals surface area contributed by atoms with Crippen LogP contribution in [-0.4, -0.2) is 26.4 Å². The molecule has 0 radical (unpaired) electrons. The third kappa shape index (κ3) is 4.51. The summed E-state index contributed by atoms with van der Waals surface area (Å²) in [4.78, 5) is 13.9. The number of anilines is 1. The average molecular weight is 430 g/mol. The van der Waals surface area contributed by atoms with Gasteiger partial charge in [-0.15, -0.1) is 21.5 Å². The second-order valence-corrected chi connectivity index (χ2v) is 10.00. The highest BCUT2D eigenvalue weighted by molar-refractivity contribution is 7.99. The Morgan fingerprint density at radius 3 is 2.72 bits per heavy atom. The Morgan fingerprint density at radius 2 is 1.97 bits per heavy atom. The molecule has 6 nitrogen and oxygen atoms in total. The van der Waals surface area contributed by atoms with Crippen molar-refractivity contribution in [1.82, 2.24) is 14.8 Å². The van der Waals surface area contributed by atoms with Gasteiger partial charge in [-0.3, -0.25) is 4.79 Å². The molecule has 0 atom stereocenters. The predicted octanol–water partition coefficient (Wildman–Crippen LogP) is 4.80. The van der Waals surface area contributed by atoms with Gasteiger partial charge >= 0.3 is 0 Å². The minimum Gasteiger partial charge on any atom is -0.316 e. The van der Waals surface area contributed by atoms with Crippen molar-refractivity contribution in [3.05, 3.63) is 21.8 Å². The molecule has 0 aliphatic heterocycles. The van der Waals surface area contributed by atoms with E-state index in [1.165, 1.54) is 55.2 Å². The van der Waals surface area contributed by atoms with Crippen LogP contribution < -0.4 is 5.32 Å². The molecule has 0 saturated heterocycles. The van der Waals surface area contributed by atoms with Gasteiger partial charge in [-0.2, -0.15) is 5.26 Å². The van der Waals surface area contributed by atoms with Crippen LogP contribution >= 0.6 is 23.1 Å². The number of fused-ring (bicyclic) bond motifs is 1. The molecular formula is C21H27N5OS2. The van der Waals surface area contributed by atoms with Gasteiger partial charge in [0.05, 0.1) is 11.3 Å². The van der Waals surface area contributed by atoms with E-state index in [4.69, 9.17) is 0 Å². The first-order valence-electron chi connectivity index (χ1n) is 10.5. The summed E-state index contributed by atoms with van der Waals surface area (Å²) in [5, 5.41) is 22.8. The molecule has 0 bridgehead atoms. The number of aryl methyl sites for hydroxylation is 1. The Kier molecular flexibility index (Phi) is 6.56. The van der Waals surface area contributed by atoms with Gasteiger partial charge in [0.15, 0.2) is 5.16 Å². The number of nitrogens with one attached hydrogen (secondary N) is 1. The molecule has 1 saturated carbocycles. The van der Waals surface area contributed by atoms with E-state index >= 15 is 0 Å². The topological polar surface area (TPSA) is 83.6 Å². The summed E-state index contributed by atoms with van der Waals surface area (Å²) >= 11 is 2.99. The Balaban J connectivity index is 1.40. The van der Waals surface area contributed by atoms with Gasteiger partial charge in [-0.05, 0) is 44.1 Å². The van der Waals surface area contributed by atoms with Crippen molar-refractivity contribution in [3.63, 3.8) is 0 Å². The minimum absolute atomic E-state index is 0.0915. The molecule has 0 aromatic carbocycles. The molecule has 1 amide bonds. The maximum absolute atomic E-state index is 12.6. The molecule has 2 aliphatic rings. The van der Waals surface area contributed by atoms with Gasteiger partial charge in [0.2, 0.25) is 5.91 Å². The van der Waals surface area contributed by atoms with E-state index in [1.807, 2.05) is 11.6 Å². The van der Waals surface area contributed by atoms with Gasteiger partial charge < -0.3 is 9.88 Å². The van der Waals surface area contributed by atoms with Gasteiger partial charge in [-0.25, -0.2) is 0 Å². The summed E-state index contributed by atoms with van der Waals surface area (Å²) in [6.45, 7) is 0. The van der Waals surface area contributed by atoms with Crippen LogP contribution in [0.3, 0.4) is 0 Å². The number of rotatable bonds is 5. The highest BCUT2D eigenvalue weighted by Gasteiger charge is 2.24. The molecule has 1 fully saturated rings. The summed E-state index contributed by atoms with van der Waals surface area (Å²) in [6.07, 6.45) is 11.6. The van der Waals surface area contributed by atoms with E-state index in [1.54, 1.807) is 11.3 Å². The maximum atomic E-state index is 12.6. The third-order valence-corrected chi connectivity index (χ3v) is 8.18. The molecular weight excluding hydrogens is 402 g/mol. The van der Waals surface area contributed by atoms with Crippen molar-refractivity contribution in [2.45, 2.75) is 75.3 Å². The van der Waals surface area contributed by atoms with Crippen molar-refractivity contribution in [2.75, 3.05) is 11.1 Å². The lowest BCUT2D eigenvalue weighted by Crippen LogP contribution is -2.14. The number of hydrogen-bond acceptors (Lipinski definition) is 6. The lowest BCUT2D eigenvalue weighted by Gasteiger charge is -2.09. The first-order chi connectivity index (χ1) is 14.2. The fourth-order valence-electron chi connectivity index (χ4n) is 4.41. The molecule has 2 aliphatic carbocycles. The molecule has 1 N–H and O–H groups in total. The third-order valence-electron chi connectivity index (χ3n) is 5.96. The lowest BCUT2D eigenvalue weighted by molar-refractivity contribution is -0.113. The van der Waals surface area contributed by atoms with Gasteiger partial charge in [0, 0.05) is 17.8 Å². The fourth-order valence-corrected chi connectivity index (χ4v) is 6.38. The van der Waals surface area contributed by atoms with Crippen molar-refractivity contribution in [3.8, 4) is 6.07 Å². The molecule has 0 spiro atoms. The quantitative estimate of drug-likeness (QED) is 0.691. The van der Waals surface area contributed by atoms with Crippen LogP contribution in [0.1, 0.15) is 79.1 Å². The molecule has 2 heterocycles. The van der Waals surface area contributed by atoms with Crippen LogP contribution in [0.15, 0.2) is 5.16 Å². The summed E-state index contributed by atoms with van der Waals surface area (Å²) in [5.74, 6) is 1.71. The Hall–Kier alpha value is -1.85. The van der Waals surface area contributed by atoms with Crippen molar-refractivity contribution in [2.24, 2.45) is 7.05 Å². The molecule has 8 heteroatoms. The Morgan fingerprint density at radius 1 is 1.21 bits per heavy atom. The number of thiophene rings is 1. The van der Waals surface area contributed by atoms with Gasteiger partial charge in [-0.1, -0.05) is 37.4 Å². The van der Waals surface area contributed by atoms with Crippen LogP contribution in [0.4, 0.5) is 5.00 Å². The van der Waals surface area contributed by atoms with Gasteiger partial charge in [0.1, 0.15) is 16.9 Å². The largest absolute Gasteiger partial charge is 0.316 e. The summed E-state index contributed by atoms with van der Waals surface area (Å²) in [6, 6.07) is 2.34. The Labute approximate surface area is 180 Å². The number of thioether (sulfide) groups is 1. The molecule has 154 valence electrons. The number of nitriles is 1. The first kappa shape index (κ1) is 20.4. The maximum Gasteiger partial charge on any atom is 0.235 e. The zero-order valence-corrected chi connectivity index (χ0v) is 18.5. The van der Waals surface area contributed by atoms with Crippen molar-refractivity contribution in [1.29, 1.82) is 5.26 Å². The molecule has 4 rings (SSSR count). The standard InChI is InChI=1S/C21H27N5OS2/c1-26-19(14-8-6-7-9-14)24-25-21(26)28-13-18(27)23-20-16(12-22)15-10-4-2-3-5-11-17(15)29-20/h14H,2-11,13H2,1H3,(H,23,27). The summed E-state index contributed by atoms with van der Waals surface area (Å²) in [7, 11) is 1.99. The summed E-state index contributed by atoms with van der Waals surface area (Å²) < 4.78 is 2.03. The van der Waals surface area contributed by atoms with E-state index < -0.39 is 0 Å². The highest BCUT2D eigenvalue weighted by atomic mass is 32.2. The van der Waals surface area contributed by atoms with E-state index in [9.17, 15) is 10.1 Å². The van der Waals surface area contributed by atoms with Crippen molar-refractivity contribution < 1.29 is 4.79 Å². The summed E-state index contributed by atoms with van der Waals surface area (Å²) in [5.41, 5.74) is 1.84. The van der Waals surface area contributed by atoms with Crippen LogP contribution in [0.2, 0.25) is 0 Å². The number of aromatic nitrogens is 3. The number of amides is 1. The fraction of sp³-hybridized carbons (Fsp3) is 0.619. The van der Waals surface area contributed by atoms with Crippen LogP contribution in [0.5, 0.6) is 0 Å². The van der Waals surface area contributed by atoms with E-state index in [2.05, 4.69) is 21.6 Å². The van der Waals surface area contributed by atoms with Crippen LogP contribution in [0.25, 0.3) is 0 Å². The Bertz CT molecular complexity index is 920. The normalized spacial score (nSPS) is 17.4. The zero-order valence-electron chi connectivity index (χ0n) is 16.9. The predicted molar refractivity (Wildman–Crippen MR) is 116 cm³/mol. The van der Waals surface area contributed by atoms with Gasteiger partial charge in [0.25, 0.3) is 0 Å². The smallest absolute Gasteiger partial charge is 0.235 e. The van der Waals surface area contributed by atoms with Crippen LogP contribution in [0, 0.1) is 11.3 Å². The van der Waals surface area contributed by atoms with E-state index in [0.29, 0.717) is 11.5 Å². The molecule has 2 aromatic heterocycles. The number of carbonyl (C=O) groups is 1. The van der Waals surface area contributed by atoms with E-state index in [0.717, 1.165) is 47.2 Å². The van der Waals surface area contributed by atoms with Crippen molar-refractivity contribution >= 4 is 34.0 Å². The average Bonchev–Trinajstić information content (AvgIpc) is 3.40. The van der Waals surface area contributed by atoms with E-state index in [-0.39, 0.29) is 11.7 Å². The lowest BCUT2D eigenvalue weighted by atomic mass is 9.97. The number of hydrogen-bond donors (Lipinski definition) is 1. The van der Waals surface area contributed by atoms with Crippen LogP contribution in [-0.2, 0) is 24.7 Å². The molecule has 0 unspecified atom stereocenters. The highest BCUT2D eigenvalue weighted by Crippen LogP contribution is 2.37. The number of nitrogens with zero attached hydrogens (tertiary/aromatic N) is 4. The SMILES string of the molecule is Cn1c(SCC(=O)Nc2sc3c(c2C#N)CCCCCC3)nnc1C1CCCC1. The second kappa shape index (κ2) is 9.31. The monoisotopic (exact) mass is 429 g/mol. The second-order valence-electron chi connectivity index (χ2n) is 7.95. The minimum atomic E-state index is -0.0915. The molecule has 29 heavy (non-hydrogen) atoms. The molecule has 2 aromatic rings. The first-order valence-corrected chi connectivity index (χ1v) is 12.3. The zero-order chi connectivity index (χ0) is 20.2.